The van der Waals surface area contributed by atoms with Crippen molar-refractivity contribution in [3.05, 3.63) is 119 Å². The predicted octanol–water partition coefficient (Wildman–Crippen LogP) is 6.94. The smallest absolute Gasteiger partial charge is 0.252 e. The first-order valence-electron chi connectivity index (χ1n) is 14.1. The number of hydrogen-bond acceptors (Lipinski definition) is 5. The van der Waals surface area contributed by atoms with Crippen LogP contribution in [-0.2, 0) is 5.54 Å². The van der Waals surface area contributed by atoms with Gasteiger partial charge >= 0.3 is 0 Å². The number of halogens is 1. The van der Waals surface area contributed by atoms with Gasteiger partial charge in [0.05, 0.1) is 27.8 Å². The Bertz CT molecular complexity index is 2060. The maximum Gasteiger partial charge on any atom is 0.252 e. The fraction of sp³-hybridized carbons (Fsp3) is 0.143. The minimum atomic E-state index is -0.522. The van der Waals surface area contributed by atoms with Gasteiger partial charge in [-0.3, -0.25) is 14.6 Å². The van der Waals surface area contributed by atoms with Crippen LogP contribution >= 0.6 is 0 Å². The van der Waals surface area contributed by atoms with Crippen LogP contribution in [0.4, 0.5) is 4.39 Å². The van der Waals surface area contributed by atoms with E-state index in [2.05, 4.69) is 15.6 Å². The van der Waals surface area contributed by atoms with Crippen LogP contribution in [0, 0.1) is 12.7 Å². The normalized spacial score (nSPS) is 13.7. The number of fused-ring (bicyclic) bond motifs is 2. The van der Waals surface area contributed by atoms with Gasteiger partial charge in [-0.1, -0.05) is 6.07 Å². The average molecular weight is 571 g/mol. The highest BCUT2D eigenvalue weighted by molar-refractivity contribution is 6.12. The van der Waals surface area contributed by atoms with Crippen molar-refractivity contribution in [2.75, 3.05) is 7.05 Å². The van der Waals surface area contributed by atoms with Crippen molar-refractivity contribution in [2.24, 2.45) is 0 Å². The van der Waals surface area contributed by atoms with E-state index >= 15 is 0 Å². The summed E-state index contributed by atoms with van der Waals surface area (Å²) in [5.74, 6) is -0.313. The zero-order valence-corrected chi connectivity index (χ0v) is 23.6. The molecule has 43 heavy (non-hydrogen) atoms. The molecular weight excluding hydrogens is 543 g/mol. The van der Waals surface area contributed by atoms with Gasteiger partial charge in [0.15, 0.2) is 0 Å². The fourth-order valence-corrected chi connectivity index (χ4v) is 5.60. The van der Waals surface area contributed by atoms with Crippen molar-refractivity contribution in [1.82, 2.24) is 20.6 Å². The monoisotopic (exact) mass is 570 g/mol. The molecule has 8 heteroatoms. The second-order valence-corrected chi connectivity index (χ2v) is 10.9. The average Bonchev–Trinajstić information content (AvgIpc) is 3.68. The van der Waals surface area contributed by atoms with Crippen LogP contribution < -0.4 is 10.6 Å². The van der Waals surface area contributed by atoms with Crippen LogP contribution in [0.15, 0.2) is 95.5 Å². The molecule has 1 aliphatic rings. The van der Waals surface area contributed by atoms with E-state index in [4.69, 9.17) is 9.40 Å². The number of rotatable bonds is 6. The van der Waals surface area contributed by atoms with E-state index in [1.54, 1.807) is 37.5 Å². The molecule has 1 saturated carbocycles. The van der Waals surface area contributed by atoms with Crippen molar-refractivity contribution < 1.29 is 18.4 Å². The van der Waals surface area contributed by atoms with E-state index in [1.807, 2.05) is 55.5 Å². The van der Waals surface area contributed by atoms with Gasteiger partial charge in [-0.2, -0.15) is 0 Å². The van der Waals surface area contributed by atoms with E-state index < -0.39 is 5.54 Å². The summed E-state index contributed by atoms with van der Waals surface area (Å²) in [4.78, 5) is 36.1. The third-order valence-electron chi connectivity index (χ3n) is 8.12. The third-order valence-corrected chi connectivity index (χ3v) is 8.12. The van der Waals surface area contributed by atoms with Gasteiger partial charge in [-0.05, 0) is 115 Å². The van der Waals surface area contributed by atoms with Gasteiger partial charge < -0.3 is 15.1 Å². The molecule has 2 amide bonds. The summed E-state index contributed by atoms with van der Waals surface area (Å²) in [7, 11) is 1.58. The van der Waals surface area contributed by atoms with Gasteiger partial charge in [-0.25, -0.2) is 9.37 Å². The number of benzene rings is 3. The number of carbonyl (C=O) groups is 2. The van der Waals surface area contributed by atoms with Gasteiger partial charge in [0.25, 0.3) is 11.8 Å². The Kier molecular flexibility index (Phi) is 6.27. The maximum absolute atomic E-state index is 13.6. The van der Waals surface area contributed by atoms with Crippen LogP contribution in [0.5, 0.6) is 0 Å². The lowest BCUT2D eigenvalue weighted by Crippen LogP contribution is -2.35. The van der Waals surface area contributed by atoms with E-state index in [0.29, 0.717) is 39.0 Å². The molecule has 0 aliphatic heterocycles. The zero-order chi connectivity index (χ0) is 29.7. The fourth-order valence-electron chi connectivity index (χ4n) is 5.60. The second kappa shape index (κ2) is 10.2. The first-order chi connectivity index (χ1) is 20.8. The topological polar surface area (TPSA) is 97.1 Å². The lowest BCUT2D eigenvalue weighted by atomic mass is 9.91. The number of furan rings is 1. The van der Waals surface area contributed by atoms with Crippen LogP contribution in [0.1, 0.15) is 44.8 Å². The number of pyridine rings is 2. The van der Waals surface area contributed by atoms with Crippen molar-refractivity contribution in [1.29, 1.82) is 0 Å². The Morgan fingerprint density at radius 2 is 1.70 bits per heavy atom. The van der Waals surface area contributed by atoms with Gasteiger partial charge in [-0.15, -0.1) is 0 Å². The molecule has 1 fully saturated rings. The summed E-state index contributed by atoms with van der Waals surface area (Å²) in [5, 5.41) is 6.59. The number of nitrogens with one attached hydrogen (secondary N) is 2. The second-order valence-electron chi connectivity index (χ2n) is 10.9. The minimum absolute atomic E-state index is 0.212. The molecule has 0 spiro atoms. The minimum Gasteiger partial charge on any atom is -0.456 e. The van der Waals surface area contributed by atoms with Crippen molar-refractivity contribution in [2.45, 2.75) is 25.3 Å². The Hall–Kier alpha value is -5.37. The molecule has 3 aromatic carbocycles. The van der Waals surface area contributed by atoms with Crippen LogP contribution in [0.2, 0.25) is 0 Å². The SMILES string of the molecule is CNC(=O)c1c(-c2cc(C(=O)NC3(c4ccc5ncccc5n4)CC3)ccc2C)ccc2oc(-c3ccc(F)cc3)cc12. The molecule has 0 radical (unpaired) electrons. The van der Waals surface area contributed by atoms with Crippen LogP contribution in [0.3, 0.4) is 0 Å². The number of aromatic nitrogens is 2. The van der Waals surface area contributed by atoms with Gasteiger partial charge in [0.2, 0.25) is 0 Å². The molecule has 3 heterocycles. The lowest BCUT2D eigenvalue weighted by molar-refractivity contribution is 0.0928. The van der Waals surface area contributed by atoms with E-state index in [-0.39, 0.29) is 17.6 Å². The number of hydrogen-bond donors (Lipinski definition) is 2. The molecule has 1 aliphatic carbocycles. The van der Waals surface area contributed by atoms with E-state index in [1.165, 1.54) is 12.1 Å². The Labute approximate surface area is 246 Å². The summed E-state index contributed by atoms with van der Waals surface area (Å²) in [6.07, 6.45) is 3.33. The number of amides is 2. The Morgan fingerprint density at radius 1 is 0.884 bits per heavy atom. The van der Waals surface area contributed by atoms with Crippen molar-refractivity contribution in [3.8, 4) is 22.5 Å². The number of aryl methyl sites for hydroxylation is 1. The van der Waals surface area contributed by atoms with E-state index in [9.17, 15) is 14.0 Å². The standard InChI is InChI=1S/C35H27FN4O3/c1-20-5-6-22(33(41)40-35(15-16-35)31-14-12-27-28(39-31)4-3-17-38-27)18-25(20)24-11-13-29-26(32(24)34(42)37-2)19-30(43-29)21-7-9-23(36)10-8-21/h3-14,17-19H,15-16H2,1-2H3,(H,37,42)(H,40,41). The summed E-state index contributed by atoms with van der Waals surface area (Å²) in [6, 6.07) is 24.6. The lowest BCUT2D eigenvalue weighted by Gasteiger charge is -2.19. The highest BCUT2D eigenvalue weighted by Crippen LogP contribution is 2.45. The zero-order valence-electron chi connectivity index (χ0n) is 23.6. The quantitative estimate of drug-likeness (QED) is 0.226. The summed E-state index contributed by atoms with van der Waals surface area (Å²) < 4.78 is 19.6. The number of carbonyl (C=O) groups excluding carboxylic acids is 2. The third kappa shape index (κ3) is 4.70. The van der Waals surface area contributed by atoms with Crippen molar-refractivity contribution >= 4 is 33.8 Å². The molecule has 7 nitrogen and oxygen atoms in total. The molecular formula is C35H27FN4O3. The molecule has 6 aromatic rings. The predicted molar refractivity (Wildman–Crippen MR) is 163 cm³/mol. The largest absolute Gasteiger partial charge is 0.456 e. The van der Waals surface area contributed by atoms with E-state index in [0.717, 1.165) is 40.7 Å². The summed E-state index contributed by atoms with van der Waals surface area (Å²) in [6.45, 7) is 1.95. The molecule has 0 saturated heterocycles. The Morgan fingerprint density at radius 3 is 2.47 bits per heavy atom. The Balaban J connectivity index is 1.26. The molecule has 0 unspecified atom stereocenters. The number of nitrogens with zero attached hydrogens (tertiary/aromatic N) is 2. The highest BCUT2D eigenvalue weighted by atomic mass is 19.1. The van der Waals surface area contributed by atoms with Crippen LogP contribution in [0.25, 0.3) is 44.5 Å². The molecule has 0 bridgehead atoms. The van der Waals surface area contributed by atoms with Crippen molar-refractivity contribution in [3.63, 3.8) is 0 Å². The highest BCUT2D eigenvalue weighted by Gasteiger charge is 2.47. The molecule has 3 aromatic heterocycles. The summed E-state index contributed by atoms with van der Waals surface area (Å²) >= 11 is 0. The maximum atomic E-state index is 13.6. The first kappa shape index (κ1) is 26.5. The first-order valence-corrected chi connectivity index (χ1v) is 14.1. The molecule has 7 rings (SSSR count). The molecule has 0 atom stereocenters. The molecule has 2 N–H and O–H groups in total. The molecule has 212 valence electrons. The van der Waals surface area contributed by atoms with Gasteiger partial charge in [0.1, 0.15) is 17.2 Å². The van der Waals surface area contributed by atoms with Crippen LogP contribution in [-0.4, -0.2) is 28.8 Å². The summed E-state index contributed by atoms with van der Waals surface area (Å²) in [5.41, 5.74) is 6.39. The van der Waals surface area contributed by atoms with Gasteiger partial charge in [0, 0.05) is 29.8 Å².